The number of nitrogens with one attached hydrogen (secondary N) is 1. The summed E-state index contributed by atoms with van der Waals surface area (Å²) in [5.41, 5.74) is 1.74. The third kappa shape index (κ3) is 3.21. The molecule has 128 valence electrons. The van der Waals surface area contributed by atoms with E-state index in [9.17, 15) is 9.59 Å². The lowest BCUT2D eigenvalue weighted by Gasteiger charge is -2.34. The fourth-order valence-electron chi connectivity index (χ4n) is 3.15. The van der Waals surface area contributed by atoms with Crippen LogP contribution in [0.2, 0.25) is 0 Å². The van der Waals surface area contributed by atoms with Gasteiger partial charge in [-0.1, -0.05) is 6.07 Å². The quantitative estimate of drug-likeness (QED) is 0.864. The average Bonchev–Trinajstić information content (AvgIpc) is 2.98. The Bertz CT molecular complexity index is 755. The van der Waals surface area contributed by atoms with Crippen molar-refractivity contribution >= 4 is 22.8 Å². The molecule has 0 radical (unpaired) electrons. The summed E-state index contributed by atoms with van der Waals surface area (Å²) < 4.78 is 10.7. The summed E-state index contributed by atoms with van der Waals surface area (Å²) in [6, 6.07) is 5.24. The lowest BCUT2D eigenvalue weighted by Crippen LogP contribution is -2.50. The third-order valence-corrected chi connectivity index (χ3v) is 4.27. The molecule has 1 saturated heterocycles. The highest BCUT2D eigenvalue weighted by molar-refractivity contribution is 5.93. The van der Waals surface area contributed by atoms with Crippen LogP contribution in [0.15, 0.2) is 24.4 Å². The Balaban J connectivity index is 1.82. The Morgan fingerprint density at radius 1 is 1.46 bits per heavy atom. The number of carbonyl (C=O) groups is 2. The minimum absolute atomic E-state index is 0.101. The van der Waals surface area contributed by atoms with Gasteiger partial charge in [0.25, 0.3) is 0 Å². The molecule has 1 amide bonds. The molecule has 0 bridgehead atoms. The molecular formula is C17H20N2O5. The van der Waals surface area contributed by atoms with Crippen LogP contribution < -0.4 is 4.74 Å². The van der Waals surface area contributed by atoms with Gasteiger partial charge in [-0.3, -0.25) is 9.59 Å². The zero-order valence-corrected chi connectivity index (χ0v) is 13.4. The molecule has 1 aliphatic rings. The van der Waals surface area contributed by atoms with Gasteiger partial charge < -0.3 is 24.5 Å². The van der Waals surface area contributed by atoms with Gasteiger partial charge in [0.15, 0.2) is 0 Å². The molecule has 3 rings (SSSR count). The van der Waals surface area contributed by atoms with Gasteiger partial charge in [0.05, 0.1) is 39.2 Å². The number of aromatic amines is 1. The van der Waals surface area contributed by atoms with E-state index < -0.39 is 12.0 Å². The van der Waals surface area contributed by atoms with Crippen molar-refractivity contribution < 1.29 is 24.2 Å². The van der Waals surface area contributed by atoms with E-state index in [-0.39, 0.29) is 25.4 Å². The number of hydrogen-bond donors (Lipinski definition) is 2. The number of methoxy groups -OCH3 is 1. The molecule has 0 saturated carbocycles. The lowest BCUT2D eigenvalue weighted by molar-refractivity contribution is -0.145. The van der Waals surface area contributed by atoms with Crippen molar-refractivity contribution in [2.45, 2.75) is 18.9 Å². The molecule has 1 atom stereocenters. The largest absolute Gasteiger partial charge is 0.496 e. The van der Waals surface area contributed by atoms with Gasteiger partial charge in [-0.25, -0.2) is 0 Å². The Morgan fingerprint density at radius 2 is 2.29 bits per heavy atom. The molecule has 0 aliphatic carbocycles. The number of carbonyl (C=O) groups excluding carboxylic acids is 1. The topological polar surface area (TPSA) is 91.9 Å². The van der Waals surface area contributed by atoms with Crippen molar-refractivity contribution in [1.29, 1.82) is 0 Å². The van der Waals surface area contributed by atoms with Crippen molar-refractivity contribution in [2.75, 3.05) is 26.9 Å². The summed E-state index contributed by atoms with van der Waals surface area (Å²) in [6.45, 7) is 1.10. The standard InChI is InChI=1S/C17H20N2O5/c1-23-14-4-2-3-13-17(14)11(9-18-13)7-15(20)19-5-6-24-10-12(19)8-16(21)22/h2-4,9,12,18H,5-8,10H2,1H3,(H,21,22). The molecule has 1 aromatic carbocycles. The number of benzene rings is 1. The van der Waals surface area contributed by atoms with Gasteiger partial charge >= 0.3 is 5.97 Å². The van der Waals surface area contributed by atoms with Crippen LogP contribution in [0, 0.1) is 0 Å². The molecule has 0 spiro atoms. The third-order valence-electron chi connectivity index (χ3n) is 4.27. The van der Waals surface area contributed by atoms with Crippen molar-refractivity contribution in [3.8, 4) is 5.75 Å². The van der Waals surface area contributed by atoms with Crippen molar-refractivity contribution in [1.82, 2.24) is 9.88 Å². The Kier molecular flexibility index (Phi) is 4.71. The maximum absolute atomic E-state index is 12.7. The smallest absolute Gasteiger partial charge is 0.305 e. The number of carboxylic acid groups (broad SMARTS) is 1. The molecule has 1 fully saturated rings. The SMILES string of the molecule is COc1cccc2[nH]cc(CC(=O)N3CCOCC3CC(=O)O)c12. The van der Waals surface area contributed by atoms with Gasteiger partial charge in [0.1, 0.15) is 5.75 Å². The first-order valence-electron chi connectivity index (χ1n) is 7.82. The Hall–Kier alpha value is -2.54. The Morgan fingerprint density at radius 3 is 3.04 bits per heavy atom. The van der Waals surface area contributed by atoms with Crippen LogP contribution in [0.25, 0.3) is 10.9 Å². The van der Waals surface area contributed by atoms with E-state index >= 15 is 0 Å². The van der Waals surface area contributed by atoms with E-state index in [1.165, 1.54) is 0 Å². The predicted molar refractivity (Wildman–Crippen MR) is 87.1 cm³/mol. The highest BCUT2D eigenvalue weighted by Crippen LogP contribution is 2.29. The van der Waals surface area contributed by atoms with Crippen LogP contribution in [0.1, 0.15) is 12.0 Å². The maximum atomic E-state index is 12.7. The van der Waals surface area contributed by atoms with Gasteiger partial charge in [0.2, 0.25) is 5.91 Å². The van der Waals surface area contributed by atoms with Crippen LogP contribution >= 0.6 is 0 Å². The lowest BCUT2D eigenvalue weighted by atomic mass is 10.1. The first-order valence-corrected chi connectivity index (χ1v) is 7.82. The molecule has 7 nitrogen and oxygen atoms in total. The van der Waals surface area contributed by atoms with E-state index in [1.807, 2.05) is 18.2 Å². The molecule has 1 aromatic heterocycles. The van der Waals surface area contributed by atoms with Gasteiger partial charge in [-0.2, -0.15) is 0 Å². The highest BCUT2D eigenvalue weighted by Gasteiger charge is 2.29. The van der Waals surface area contributed by atoms with Crippen molar-refractivity contribution in [3.05, 3.63) is 30.0 Å². The van der Waals surface area contributed by atoms with E-state index in [4.69, 9.17) is 14.6 Å². The number of aromatic nitrogens is 1. The number of H-pyrrole nitrogens is 1. The second-order valence-corrected chi connectivity index (χ2v) is 5.79. The number of nitrogens with zero attached hydrogens (tertiary/aromatic N) is 1. The predicted octanol–water partition coefficient (Wildman–Crippen LogP) is 1.42. The number of ether oxygens (including phenoxy) is 2. The fraction of sp³-hybridized carbons (Fsp3) is 0.412. The number of amides is 1. The van der Waals surface area contributed by atoms with E-state index in [0.717, 1.165) is 16.5 Å². The summed E-state index contributed by atoms with van der Waals surface area (Å²) in [5.74, 6) is -0.325. The molecule has 2 N–H and O–H groups in total. The summed E-state index contributed by atoms with van der Waals surface area (Å²) in [5, 5.41) is 9.90. The average molecular weight is 332 g/mol. The minimum Gasteiger partial charge on any atom is -0.496 e. The molecule has 2 aromatic rings. The number of hydrogen-bond acceptors (Lipinski definition) is 4. The number of morpholine rings is 1. The first kappa shape index (κ1) is 16.3. The highest BCUT2D eigenvalue weighted by atomic mass is 16.5. The minimum atomic E-state index is -0.933. The van der Waals surface area contributed by atoms with Gasteiger partial charge in [0, 0.05) is 23.6 Å². The molecule has 1 aliphatic heterocycles. The summed E-state index contributed by atoms with van der Waals surface area (Å²) in [7, 11) is 1.60. The van der Waals surface area contributed by atoms with Crippen LogP contribution in [-0.2, 0) is 20.7 Å². The normalized spacial score (nSPS) is 17.9. The number of rotatable bonds is 5. The summed E-state index contributed by atoms with van der Waals surface area (Å²) >= 11 is 0. The van der Waals surface area contributed by atoms with Crippen LogP contribution in [-0.4, -0.2) is 59.8 Å². The van der Waals surface area contributed by atoms with E-state index in [2.05, 4.69) is 4.98 Å². The second-order valence-electron chi connectivity index (χ2n) is 5.79. The van der Waals surface area contributed by atoms with Crippen molar-refractivity contribution in [3.63, 3.8) is 0 Å². The van der Waals surface area contributed by atoms with E-state index in [0.29, 0.717) is 18.9 Å². The van der Waals surface area contributed by atoms with Gasteiger partial charge in [-0.15, -0.1) is 0 Å². The first-order chi connectivity index (χ1) is 11.6. The zero-order valence-electron chi connectivity index (χ0n) is 13.4. The molecule has 1 unspecified atom stereocenters. The number of fused-ring (bicyclic) bond motifs is 1. The van der Waals surface area contributed by atoms with Gasteiger partial charge in [-0.05, 0) is 17.7 Å². The van der Waals surface area contributed by atoms with Crippen LogP contribution in [0.4, 0.5) is 0 Å². The van der Waals surface area contributed by atoms with Crippen LogP contribution in [0.5, 0.6) is 5.75 Å². The number of carboxylic acids is 1. The summed E-state index contributed by atoms with van der Waals surface area (Å²) in [6.07, 6.45) is 1.89. The fourth-order valence-corrected chi connectivity index (χ4v) is 3.15. The second kappa shape index (κ2) is 6.92. The zero-order chi connectivity index (χ0) is 17.1. The molecule has 24 heavy (non-hydrogen) atoms. The Labute approximate surface area is 139 Å². The number of aliphatic carboxylic acids is 1. The molecular weight excluding hydrogens is 312 g/mol. The molecule has 7 heteroatoms. The van der Waals surface area contributed by atoms with Crippen molar-refractivity contribution in [2.24, 2.45) is 0 Å². The maximum Gasteiger partial charge on any atom is 0.305 e. The monoisotopic (exact) mass is 332 g/mol. The van der Waals surface area contributed by atoms with Crippen LogP contribution in [0.3, 0.4) is 0 Å². The molecule has 2 heterocycles. The summed E-state index contributed by atoms with van der Waals surface area (Å²) in [4.78, 5) is 28.5. The van der Waals surface area contributed by atoms with E-state index in [1.54, 1.807) is 18.2 Å².